The van der Waals surface area contributed by atoms with Crippen molar-refractivity contribution in [2.75, 3.05) is 31.1 Å². The predicted molar refractivity (Wildman–Crippen MR) is 196 cm³/mol. The van der Waals surface area contributed by atoms with Gasteiger partial charge in [-0.1, -0.05) is 77.6 Å². The lowest BCUT2D eigenvalue weighted by Crippen LogP contribution is -2.59. The van der Waals surface area contributed by atoms with Crippen LogP contribution in [-0.2, 0) is 21.4 Å². The molecule has 4 heterocycles. The second-order valence-corrected chi connectivity index (χ2v) is 15.9. The fourth-order valence-electron chi connectivity index (χ4n) is 7.95. The lowest BCUT2D eigenvalue weighted by atomic mass is 9.72. The minimum atomic E-state index is -0.929. The van der Waals surface area contributed by atoms with E-state index in [-0.39, 0.29) is 36.4 Å². The highest BCUT2D eigenvalue weighted by Gasteiger charge is 2.39. The Balaban J connectivity index is 1.06. The number of carboxylic acids is 1. The Morgan fingerprint density at radius 2 is 1.47 bits per heavy atom. The minimum Gasteiger partial charge on any atom is -0.481 e. The summed E-state index contributed by atoms with van der Waals surface area (Å²) in [6.07, 6.45) is 17.9. The van der Waals surface area contributed by atoms with Crippen LogP contribution in [0.15, 0.2) is 49.1 Å². The fourth-order valence-corrected chi connectivity index (χ4v) is 7.95. The van der Waals surface area contributed by atoms with Crippen molar-refractivity contribution < 1.29 is 19.5 Å². The number of aromatic nitrogens is 4. The molecule has 2 aliphatic heterocycles. The van der Waals surface area contributed by atoms with Gasteiger partial charge in [0.1, 0.15) is 11.9 Å². The maximum absolute atomic E-state index is 13.5. The fraction of sp³-hybridized carbons (Fsp3) is 0.575. The van der Waals surface area contributed by atoms with Crippen LogP contribution >= 0.6 is 0 Å². The molecule has 0 bridgehead atoms. The first-order chi connectivity index (χ1) is 24.5. The number of hydrogen-bond donors (Lipinski definition) is 2. The van der Waals surface area contributed by atoms with Crippen LogP contribution in [0.1, 0.15) is 101 Å². The number of amides is 2. The van der Waals surface area contributed by atoms with E-state index in [4.69, 9.17) is 9.97 Å². The molecule has 3 aliphatic rings. The molecule has 2 saturated heterocycles. The summed E-state index contributed by atoms with van der Waals surface area (Å²) in [5, 5.41) is 12.2. The van der Waals surface area contributed by atoms with E-state index >= 15 is 0 Å². The van der Waals surface area contributed by atoms with E-state index in [0.29, 0.717) is 11.6 Å². The highest BCUT2D eigenvalue weighted by Crippen LogP contribution is 2.39. The van der Waals surface area contributed by atoms with E-state index < -0.39 is 23.8 Å². The molecule has 1 aliphatic carbocycles. The number of nitrogens with one attached hydrogen (secondary N) is 1. The van der Waals surface area contributed by atoms with Gasteiger partial charge in [-0.3, -0.25) is 14.4 Å². The van der Waals surface area contributed by atoms with Crippen molar-refractivity contribution in [2.45, 2.75) is 96.9 Å². The van der Waals surface area contributed by atoms with Gasteiger partial charge in [-0.15, -0.1) is 0 Å². The molecule has 1 aromatic carbocycles. The zero-order chi connectivity index (χ0) is 36.1. The molecule has 3 aromatic rings. The number of anilines is 1. The van der Waals surface area contributed by atoms with Crippen molar-refractivity contribution in [3.63, 3.8) is 0 Å². The first-order valence-electron chi connectivity index (χ1n) is 18.8. The number of aliphatic carboxylic acids is 1. The Kier molecular flexibility index (Phi) is 11.3. The highest BCUT2D eigenvalue weighted by molar-refractivity contribution is 5.97. The SMILES string of the molecule is CCCC1CCC(C2CCN(c3cnc(-c4ccc(C[C@H](NC(=O)c5cnc(C(C)(C)C)nc5)C(=O)N5CC(C(=O)O)C5)cc4)nc3)CC2)CC1. The van der Waals surface area contributed by atoms with Crippen LogP contribution < -0.4 is 10.2 Å². The Morgan fingerprint density at radius 1 is 0.863 bits per heavy atom. The van der Waals surface area contributed by atoms with Crippen molar-refractivity contribution in [1.29, 1.82) is 0 Å². The number of carbonyl (C=O) groups is 3. The topological polar surface area (TPSA) is 142 Å². The lowest BCUT2D eigenvalue weighted by Gasteiger charge is -2.39. The summed E-state index contributed by atoms with van der Waals surface area (Å²) in [6.45, 7) is 10.6. The van der Waals surface area contributed by atoms with Crippen LogP contribution in [0, 0.1) is 23.7 Å². The van der Waals surface area contributed by atoms with Crippen LogP contribution in [0.4, 0.5) is 5.69 Å². The summed E-state index contributed by atoms with van der Waals surface area (Å²) in [4.78, 5) is 60.1. The largest absolute Gasteiger partial charge is 0.481 e. The molecule has 0 radical (unpaired) electrons. The van der Waals surface area contributed by atoms with Crippen molar-refractivity contribution in [3.05, 3.63) is 66.0 Å². The smallest absolute Gasteiger partial charge is 0.310 e. The summed E-state index contributed by atoms with van der Waals surface area (Å²) >= 11 is 0. The second-order valence-electron chi connectivity index (χ2n) is 15.9. The van der Waals surface area contributed by atoms with Crippen LogP contribution in [0.2, 0.25) is 0 Å². The lowest BCUT2D eigenvalue weighted by molar-refractivity contribution is -0.153. The second kappa shape index (κ2) is 15.9. The maximum Gasteiger partial charge on any atom is 0.310 e. The molecule has 11 heteroatoms. The molecule has 11 nitrogen and oxygen atoms in total. The molecule has 6 rings (SSSR count). The Bertz CT molecular complexity index is 1630. The molecule has 0 unspecified atom stereocenters. The van der Waals surface area contributed by atoms with Gasteiger partial charge < -0.3 is 20.2 Å². The third-order valence-electron chi connectivity index (χ3n) is 11.2. The first kappa shape index (κ1) is 36.4. The van der Waals surface area contributed by atoms with Gasteiger partial charge in [0.05, 0.1) is 29.6 Å². The summed E-state index contributed by atoms with van der Waals surface area (Å²) in [5.74, 6) is 1.62. The highest BCUT2D eigenvalue weighted by atomic mass is 16.4. The standard InChI is InChI=1S/C40H53N7O4/c1-5-6-26-7-11-28(12-8-26)29-15-17-46(18-16-29)33-22-41-35(42-23-33)30-13-9-27(10-14-30)19-34(37(49)47-24-32(25-47)38(50)51)45-36(48)31-20-43-39(44-21-31)40(2,3)4/h9-10,13-14,20-23,26,28-29,32,34H,5-8,11-12,15-19,24-25H2,1-4H3,(H,45,48)(H,50,51)/t26?,28?,34-/m0/s1. The number of piperidine rings is 1. The van der Waals surface area contributed by atoms with Gasteiger partial charge in [0.25, 0.3) is 5.91 Å². The average Bonchev–Trinajstić information content (AvgIpc) is 3.11. The van der Waals surface area contributed by atoms with Gasteiger partial charge in [-0.2, -0.15) is 0 Å². The summed E-state index contributed by atoms with van der Waals surface area (Å²) in [7, 11) is 0. The molecule has 0 spiro atoms. The predicted octanol–water partition coefficient (Wildman–Crippen LogP) is 5.94. The molecule has 1 saturated carbocycles. The average molecular weight is 696 g/mol. The molecular formula is C40H53N7O4. The molecule has 2 N–H and O–H groups in total. The normalized spacial score (nSPS) is 20.8. The third kappa shape index (κ3) is 8.91. The quantitative estimate of drug-likeness (QED) is 0.249. The van der Waals surface area contributed by atoms with Crippen molar-refractivity contribution in [1.82, 2.24) is 30.2 Å². The number of rotatable bonds is 11. The zero-order valence-electron chi connectivity index (χ0n) is 30.6. The van der Waals surface area contributed by atoms with Gasteiger partial charge in [0, 0.05) is 56.0 Å². The monoisotopic (exact) mass is 695 g/mol. The maximum atomic E-state index is 13.5. The Morgan fingerprint density at radius 3 is 2.04 bits per heavy atom. The summed E-state index contributed by atoms with van der Waals surface area (Å²) < 4.78 is 0. The number of nitrogens with zero attached hydrogens (tertiary/aromatic N) is 6. The van der Waals surface area contributed by atoms with Crippen molar-refractivity contribution >= 4 is 23.5 Å². The van der Waals surface area contributed by atoms with Crippen molar-refractivity contribution in [2.24, 2.45) is 23.7 Å². The van der Waals surface area contributed by atoms with Crippen molar-refractivity contribution in [3.8, 4) is 11.4 Å². The molecular weight excluding hydrogens is 642 g/mol. The summed E-state index contributed by atoms with van der Waals surface area (Å²) in [5.41, 5.74) is 2.74. The zero-order valence-corrected chi connectivity index (χ0v) is 30.6. The van der Waals surface area contributed by atoms with E-state index in [1.165, 1.54) is 68.7 Å². The number of carbonyl (C=O) groups excluding carboxylic acids is 2. The van der Waals surface area contributed by atoms with E-state index in [1.54, 1.807) is 0 Å². The number of likely N-dealkylation sites (tertiary alicyclic amines) is 1. The number of benzene rings is 1. The van der Waals surface area contributed by atoms with Gasteiger partial charge in [-0.25, -0.2) is 19.9 Å². The molecule has 2 aromatic heterocycles. The molecule has 1 atom stereocenters. The molecule has 3 fully saturated rings. The van der Waals surface area contributed by atoms with Crippen LogP contribution in [0.5, 0.6) is 0 Å². The van der Waals surface area contributed by atoms with Gasteiger partial charge in [0.2, 0.25) is 5.91 Å². The molecule has 2 amide bonds. The van der Waals surface area contributed by atoms with Crippen LogP contribution in [-0.4, -0.2) is 79.9 Å². The Labute approximate surface area is 301 Å². The minimum absolute atomic E-state index is 0.119. The molecule has 272 valence electrons. The van der Waals surface area contributed by atoms with Crippen LogP contribution in [0.3, 0.4) is 0 Å². The Hall–Kier alpha value is -4.41. The van der Waals surface area contributed by atoms with E-state index in [9.17, 15) is 19.5 Å². The number of hydrogen-bond acceptors (Lipinski definition) is 8. The third-order valence-corrected chi connectivity index (χ3v) is 11.2. The molecule has 51 heavy (non-hydrogen) atoms. The first-order valence-corrected chi connectivity index (χ1v) is 18.8. The van der Waals surface area contributed by atoms with Gasteiger partial charge in [0.15, 0.2) is 5.82 Å². The van der Waals surface area contributed by atoms with E-state index in [0.717, 1.165) is 47.7 Å². The van der Waals surface area contributed by atoms with E-state index in [2.05, 4.69) is 27.1 Å². The van der Waals surface area contributed by atoms with Crippen LogP contribution in [0.25, 0.3) is 11.4 Å². The van der Waals surface area contributed by atoms with Gasteiger partial charge in [-0.05, 0) is 49.0 Å². The van der Waals surface area contributed by atoms with Gasteiger partial charge >= 0.3 is 5.97 Å². The van der Waals surface area contributed by atoms with E-state index in [1.807, 2.05) is 57.4 Å². The summed E-state index contributed by atoms with van der Waals surface area (Å²) in [6, 6.07) is 6.79. The number of carboxylic acid groups (broad SMARTS) is 1.